The summed E-state index contributed by atoms with van der Waals surface area (Å²) in [5.41, 5.74) is 0.686. The molecule has 0 aliphatic heterocycles. The molecule has 0 amide bonds. The molecule has 20 heavy (non-hydrogen) atoms. The zero-order chi connectivity index (χ0) is 14.5. The van der Waals surface area contributed by atoms with E-state index in [0.29, 0.717) is 11.8 Å². The fraction of sp³-hybridized carbons (Fsp3) is 0.125. The molecule has 4 heteroatoms. The zero-order valence-electron chi connectivity index (χ0n) is 10.9. The van der Waals surface area contributed by atoms with E-state index in [-0.39, 0.29) is 17.1 Å². The molecule has 0 saturated carbocycles. The molecule has 1 atom stereocenters. The lowest BCUT2D eigenvalue weighted by Crippen LogP contribution is -2.23. The third-order valence-corrected chi connectivity index (χ3v) is 2.77. The van der Waals surface area contributed by atoms with Gasteiger partial charge in [0, 0.05) is 17.2 Å². The van der Waals surface area contributed by atoms with Gasteiger partial charge in [0.25, 0.3) is 0 Å². The number of carbonyl (C=O) groups excluding carboxylic acids is 2. The predicted molar refractivity (Wildman–Crippen MR) is 72.7 cm³/mol. The Bertz CT molecular complexity index is 623. The topological polar surface area (TPSA) is 43.4 Å². The lowest BCUT2D eigenvalue weighted by molar-refractivity contribution is 0.0817. The van der Waals surface area contributed by atoms with Crippen LogP contribution >= 0.6 is 0 Å². The first kappa shape index (κ1) is 13.9. The van der Waals surface area contributed by atoms with Crippen LogP contribution in [0.5, 0.6) is 5.75 Å². The Labute approximate surface area is 116 Å². The molecule has 2 rings (SSSR count). The minimum Gasteiger partial charge on any atom is -0.482 e. The number of Topliss-reactive ketones (excluding diaryl/α,β-unsaturated/α-hetero) is 1. The molecule has 2 aromatic rings. The van der Waals surface area contributed by atoms with E-state index in [1.807, 2.05) is 6.07 Å². The highest BCUT2D eigenvalue weighted by molar-refractivity contribution is 5.99. The Morgan fingerprint density at radius 1 is 1.20 bits per heavy atom. The molecule has 0 heterocycles. The van der Waals surface area contributed by atoms with Crippen LogP contribution in [0.4, 0.5) is 4.39 Å². The third-order valence-electron chi connectivity index (χ3n) is 2.77. The van der Waals surface area contributed by atoms with Gasteiger partial charge in [0.15, 0.2) is 6.10 Å². The Morgan fingerprint density at radius 2 is 1.90 bits per heavy atom. The van der Waals surface area contributed by atoms with Gasteiger partial charge < -0.3 is 4.74 Å². The van der Waals surface area contributed by atoms with E-state index in [1.54, 1.807) is 31.2 Å². The average molecular weight is 272 g/mol. The van der Waals surface area contributed by atoms with Crippen LogP contribution in [-0.4, -0.2) is 18.2 Å². The average Bonchev–Trinajstić information content (AvgIpc) is 2.46. The molecule has 0 spiro atoms. The number of rotatable bonds is 5. The first-order valence-corrected chi connectivity index (χ1v) is 6.12. The molecule has 0 radical (unpaired) electrons. The fourth-order valence-electron chi connectivity index (χ4n) is 1.82. The summed E-state index contributed by atoms with van der Waals surface area (Å²) < 4.78 is 18.7. The first-order valence-electron chi connectivity index (χ1n) is 6.12. The largest absolute Gasteiger partial charge is 0.482 e. The summed E-state index contributed by atoms with van der Waals surface area (Å²) in [5.74, 6) is -0.629. The van der Waals surface area contributed by atoms with E-state index in [2.05, 4.69) is 0 Å². The highest BCUT2D eigenvalue weighted by Gasteiger charge is 2.17. The smallest absolute Gasteiger partial charge is 0.202 e. The number of ketones is 1. The maximum Gasteiger partial charge on any atom is 0.202 e. The molecule has 0 saturated heterocycles. The summed E-state index contributed by atoms with van der Waals surface area (Å²) in [6.45, 7) is 1.58. The van der Waals surface area contributed by atoms with Gasteiger partial charge in [-0.3, -0.25) is 9.59 Å². The van der Waals surface area contributed by atoms with Crippen LogP contribution in [0.1, 0.15) is 27.6 Å². The molecular formula is C16H13FO3. The molecule has 0 fully saturated rings. The monoisotopic (exact) mass is 272 g/mol. The van der Waals surface area contributed by atoms with Gasteiger partial charge in [-0.1, -0.05) is 30.3 Å². The summed E-state index contributed by atoms with van der Waals surface area (Å²) in [6, 6.07) is 12.3. The third kappa shape index (κ3) is 3.29. The van der Waals surface area contributed by atoms with Gasteiger partial charge in [-0.15, -0.1) is 0 Å². The van der Waals surface area contributed by atoms with Crippen molar-refractivity contribution in [2.24, 2.45) is 0 Å². The van der Waals surface area contributed by atoms with Crippen LogP contribution in [0.2, 0.25) is 0 Å². The van der Waals surface area contributed by atoms with Gasteiger partial charge in [-0.2, -0.15) is 0 Å². The lowest BCUT2D eigenvalue weighted by Gasteiger charge is -2.14. The second kappa shape index (κ2) is 6.10. The Balaban J connectivity index is 2.15. The summed E-state index contributed by atoms with van der Waals surface area (Å²) >= 11 is 0. The van der Waals surface area contributed by atoms with Gasteiger partial charge in [-0.25, -0.2) is 4.39 Å². The van der Waals surface area contributed by atoms with Crippen LogP contribution in [0.15, 0.2) is 48.5 Å². The van der Waals surface area contributed by atoms with Gasteiger partial charge in [0.05, 0.1) is 0 Å². The van der Waals surface area contributed by atoms with Crippen molar-refractivity contribution in [3.63, 3.8) is 0 Å². The number of carbonyl (C=O) groups is 2. The Kier molecular flexibility index (Phi) is 4.25. The highest BCUT2D eigenvalue weighted by atomic mass is 19.1. The van der Waals surface area contributed by atoms with Crippen molar-refractivity contribution in [2.45, 2.75) is 13.0 Å². The summed E-state index contributed by atoms with van der Waals surface area (Å²) in [6.07, 6.45) is -0.238. The number of hydrogen-bond donors (Lipinski definition) is 0. The van der Waals surface area contributed by atoms with Crippen LogP contribution in [-0.2, 0) is 0 Å². The molecule has 0 aliphatic carbocycles. The molecule has 2 aromatic carbocycles. The normalized spacial score (nSPS) is 11.7. The van der Waals surface area contributed by atoms with E-state index in [1.165, 1.54) is 6.07 Å². The number of halogens is 1. The van der Waals surface area contributed by atoms with Gasteiger partial charge in [-0.05, 0) is 19.1 Å². The van der Waals surface area contributed by atoms with Crippen LogP contribution < -0.4 is 4.74 Å². The van der Waals surface area contributed by atoms with Crippen molar-refractivity contribution in [3.8, 4) is 5.75 Å². The molecule has 0 bridgehead atoms. The van der Waals surface area contributed by atoms with Gasteiger partial charge in [0.2, 0.25) is 5.78 Å². The minimum absolute atomic E-state index is 0.156. The maximum absolute atomic E-state index is 13.3. The second-order valence-electron chi connectivity index (χ2n) is 4.33. The Morgan fingerprint density at radius 3 is 2.55 bits per heavy atom. The van der Waals surface area contributed by atoms with Crippen molar-refractivity contribution < 1.29 is 18.7 Å². The fourth-order valence-corrected chi connectivity index (χ4v) is 1.82. The second-order valence-corrected chi connectivity index (χ2v) is 4.33. The summed E-state index contributed by atoms with van der Waals surface area (Å²) in [7, 11) is 0. The molecule has 3 nitrogen and oxygen atoms in total. The molecular weight excluding hydrogens is 259 g/mol. The zero-order valence-corrected chi connectivity index (χ0v) is 10.9. The van der Waals surface area contributed by atoms with Gasteiger partial charge in [0.1, 0.15) is 17.9 Å². The molecule has 1 unspecified atom stereocenters. The highest BCUT2D eigenvalue weighted by Crippen LogP contribution is 2.18. The van der Waals surface area contributed by atoms with E-state index in [9.17, 15) is 14.0 Å². The van der Waals surface area contributed by atoms with Crippen molar-refractivity contribution in [1.29, 1.82) is 0 Å². The standard InChI is InChI=1S/C16H13FO3/c1-11(16(19)13-5-3-2-4-6-13)20-15-8-12(10-18)7-14(17)9-15/h2-11H,1H3. The van der Waals surface area contributed by atoms with Crippen LogP contribution in [0.25, 0.3) is 0 Å². The van der Waals surface area contributed by atoms with E-state index >= 15 is 0 Å². The molecule has 0 aliphatic rings. The number of aldehydes is 1. The van der Waals surface area contributed by atoms with Crippen LogP contribution in [0.3, 0.4) is 0 Å². The first-order chi connectivity index (χ1) is 9.60. The lowest BCUT2D eigenvalue weighted by atomic mass is 10.1. The SMILES string of the molecule is CC(Oc1cc(F)cc(C=O)c1)C(=O)c1ccccc1. The van der Waals surface area contributed by atoms with Gasteiger partial charge >= 0.3 is 0 Å². The van der Waals surface area contributed by atoms with Crippen molar-refractivity contribution in [2.75, 3.05) is 0 Å². The predicted octanol–water partition coefficient (Wildman–Crippen LogP) is 3.29. The maximum atomic E-state index is 13.3. The van der Waals surface area contributed by atoms with E-state index in [4.69, 9.17) is 4.74 Å². The molecule has 0 aromatic heterocycles. The number of ether oxygens (including phenoxy) is 1. The van der Waals surface area contributed by atoms with E-state index < -0.39 is 11.9 Å². The van der Waals surface area contributed by atoms with Crippen molar-refractivity contribution >= 4 is 12.1 Å². The van der Waals surface area contributed by atoms with Crippen molar-refractivity contribution in [3.05, 3.63) is 65.5 Å². The summed E-state index contributed by atoms with van der Waals surface area (Å²) in [5, 5.41) is 0. The quantitative estimate of drug-likeness (QED) is 0.619. The number of benzene rings is 2. The summed E-state index contributed by atoms with van der Waals surface area (Å²) in [4.78, 5) is 22.8. The van der Waals surface area contributed by atoms with E-state index in [0.717, 1.165) is 12.1 Å². The molecule has 0 N–H and O–H groups in total. The van der Waals surface area contributed by atoms with Crippen LogP contribution in [0, 0.1) is 5.82 Å². The minimum atomic E-state index is -0.765. The molecule has 102 valence electrons. The Hall–Kier alpha value is -2.49. The number of hydrogen-bond acceptors (Lipinski definition) is 3. The van der Waals surface area contributed by atoms with Crippen molar-refractivity contribution in [1.82, 2.24) is 0 Å².